The minimum atomic E-state index is -0.354. The molecule has 9 nitrogen and oxygen atoms in total. The number of imidazole rings is 1. The van der Waals surface area contributed by atoms with Crippen LogP contribution in [0, 0.1) is 0 Å². The summed E-state index contributed by atoms with van der Waals surface area (Å²) >= 11 is 0. The number of carbonyl (C=O) groups is 1. The molecule has 5 aromatic rings. The predicted molar refractivity (Wildman–Crippen MR) is 142 cm³/mol. The first kappa shape index (κ1) is 23.5. The predicted octanol–water partition coefficient (Wildman–Crippen LogP) is 5.64. The molecule has 9 heteroatoms. The molecule has 0 aliphatic carbocycles. The highest BCUT2D eigenvalue weighted by Gasteiger charge is 2.35. The summed E-state index contributed by atoms with van der Waals surface area (Å²) in [7, 11) is 0. The zero-order valence-corrected chi connectivity index (χ0v) is 20.6. The Morgan fingerprint density at radius 1 is 0.974 bits per heavy atom. The first-order chi connectivity index (χ1) is 18.7. The monoisotopic (exact) mass is 506 g/mol. The number of pyridine rings is 1. The quantitative estimate of drug-likeness (QED) is 0.317. The van der Waals surface area contributed by atoms with E-state index in [0.29, 0.717) is 35.2 Å². The van der Waals surface area contributed by atoms with Crippen LogP contribution >= 0.6 is 0 Å². The van der Waals surface area contributed by atoms with E-state index in [1.54, 1.807) is 23.4 Å². The van der Waals surface area contributed by atoms with Crippen LogP contribution in [0.2, 0.25) is 0 Å². The van der Waals surface area contributed by atoms with E-state index >= 15 is 0 Å². The fourth-order valence-corrected chi connectivity index (χ4v) is 4.79. The number of likely N-dealkylation sites (tertiary alicyclic amines) is 1. The lowest BCUT2D eigenvalue weighted by Gasteiger charge is -2.23. The van der Waals surface area contributed by atoms with Crippen LogP contribution in [0.25, 0.3) is 16.8 Å². The summed E-state index contributed by atoms with van der Waals surface area (Å²) in [5, 5.41) is 0. The summed E-state index contributed by atoms with van der Waals surface area (Å²) in [6.45, 7) is 0.822. The molecule has 1 saturated heterocycles. The molecule has 1 atom stereocenters. The fraction of sp³-hybridized carbons (Fsp3) is 0.172. The van der Waals surface area contributed by atoms with Crippen molar-refractivity contribution in [2.75, 3.05) is 12.3 Å². The first-order valence-corrected chi connectivity index (χ1v) is 12.5. The Hall–Kier alpha value is -4.92. The molecule has 1 aliphatic heterocycles. The summed E-state index contributed by atoms with van der Waals surface area (Å²) in [5.74, 6) is 2.27. The van der Waals surface area contributed by atoms with Crippen molar-refractivity contribution in [2.45, 2.75) is 25.5 Å². The van der Waals surface area contributed by atoms with Crippen LogP contribution in [-0.2, 0) is 11.3 Å². The van der Waals surface area contributed by atoms with E-state index < -0.39 is 0 Å². The number of fused-ring (bicyclic) bond motifs is 1. The van der Waals surface area contributed by atoms with Gasteiger partial charge in [-0.2, -0.15) is 0 Å². The van der Waals surface area contributed by atoms with Crippen molar-refractivity contribution in [1.82, 2.24) is 24.3 Å². The van der Waals surface area contributed by atoms with Crippen LogP contribution in [0.3, 0.4) is 0 Å². The van der Waals surface area contributed by atoms with Crippen LogP contribution in [0.15, 0.2) is 91.4 Å². The number of nitrogens with two attached hydrogens (primary N) is 1. The second-order valence-electron chi connectivity index (χ2n) is 9.04. The number of benzene rings is 2. The highest BCUT2D eigenvalue weighted by molar-refractivity contribution is 5.85. The lowest BCUT2D eigenvalue weighted by atomic mass is 10.1. The van der Waals surface area contributed by atoms with Crippen LogP contribution in [-0.4, -0.2) is 36.9 Å². The molecule has 2 aromatic carbocycles. The van der Waals surface area contributed by atoms with Gasteiger partial charge in [-0.15, -0.1) is 0 Å². The van der Waals surface area contributed by atoms with Gasteiger partial charge in [-0.1, -0.05) is 36.4 Å². The first-order valence-electron chi connectivity index (χ1n) is 12.5. The van der Waals surface area contributed by atoms with Gasteiger partial charge in [-0.3, -0.25) is 9.30 Å². The molecule has 190 valence electrons. The molecule has 0 bridgehead atoms. The van der Waals surface area contributed by atoms with Crippen LogP contribution in [0.5, 0.6) is 11.6 Å². The van der Waals surface area contributed by atoms with Crippen molar-refractivity contribution in [1.29, 1.82) is 0 Å². The van der Waals surface area contributed by atoms with E-state index in [0.717, 1.165) is 29.8 Å². The highest BCUT2D eigenvalue weighted by Crippen LogP contribution is 2.37. The number of ether oxygens (including phenoxy) is 2. The molecule has 6 rings (SSSR count). The maximum atomic E-state index is 13.1. The van der Waals surface area contributed by atoms with E-state index in [9.17, 15) is 4.79 Å². The van der Waals surface area contributed by atoms with E-state index in [2.05, 4.69) is 9.97 Å². The number of aromatic nitrogens is 4. The Bertz CT molecular complexity index is 1550. The number of hydrogen-bond acceptors (Lipinski definition) is 7. The van der Waals surface area contributed by atoms with Gasteiger partial charge in [-0.05, 0) is 48.7 Å². The van der Waals surface area contributed by atoms with E-state index in [-0.39, 0.29) is 18.7 Å². The Morgan fingerprint density at radius 3 is 2.58 bits per heavy atom. The number of amides is 1. The zero-order valence-electron chi connectivity index (χ0n) is 20.6. The molecule has 0 spiro atoms. The van der Waals surface area contributed by atoms with Crippen molar-refractivity contribution in [3.63, 3.8) is 0 Å². The normalized spacial score (nSPS) is 15.1. The van der Waals surface area contributed by atoms with Crippen LogP contribution in [0.4, 0.5) is 10.6 Å². The van der Waals surface area contributed by atoms with Crippen molar-refractivity contribution >= 4 is 17.4 Å². The number of carbonyl (C=O) groups excluding carboxylic acids is 1. The summed E-state index contributed by atoms with van der Waals surface area (Å²) in [5.41, 5.74) is 9.53. The zero-order chi connectivity index (χ0) is 25.9. The molecular formula is C29H26N6O3. The van der Waals surface area contributed by atoms with Crippen molar-refractivity contribution in [3.8, 4) is 22.9 Å². The second kappa shape index (κ2) is 10.2. The van der Waals surface area contributed by atoms with Crippen LogP contribution < -0.4 is 10.5 Å². The van der Waals surface area contributed by atoms with Gasteiger partial charge in [0.2, 0.25) is 5.88 Å². The molecule has 2 N–H and O–H groups in total. The number of anilines is 1. The summed E-state index contributed by atoms with van der Waals surface area (Å²) in [6.07, 6.45) is 6.44. The number of rotatable bonds is 6. The second-order valence-corrected chi connectivity index (χ2v) is 9.04. The number of nitrogens with zero attached hydrogens (tertiary/aromatic N) is 5. The lowest BCUT2D eigenvalue weighted by Crippen LogP contribution is -2.32. The molecule has 0 unspecified atom stereocenters. The van der Waals surface area contributed by atoms with E-state index in [4.69, 9.17) is 20.2 Å². The van der Waals surface area contributed by atoms with Crippen molar-refractivity contribution in [3.05, 3.63) is 103 Å². The van der Waals surface area contributed by atoms with Gasteiger partial charge < -0.3 is 15.2 Å². The molecule has 1 aliphatic rings. The van der Waals surface area contributed by atoms with Gasteiger partial charge in [0, 0.05) is 36.8 Å². The molecule has 3 aromatic heterocycles. The van der Waals surface area contributed by atoms with Crippen molar-refractivity contribution < 1.29 is 14.3 Å². The summed E-state index contributed by atoms with van der Waals surface area (Å²) in [6, 6.07) is 22.5. The van der Waals surface area contributed by atoms with Gasteiger partial charge in [0.05, 0.1) is 6.04 Å². The van der Waals surface area contributed by atoms with Gasteiger partial charge in [-0.25, -0.2) is 19.7 Å². The molecule has 38 heavy (non-hydrogen) atoms. The third-order valence-corrected chi connectivity index (χ3v) is 6.59. The van der Waals surface area contributed by atoms with Gasteiger partial charge in [0.15, 0.2) is 0 Å². The van der Waals surface area contributed by atoms with Gasteiger partial charge in [0.25, 0.3) is 0 Å². The van der Waals surface area contributed by atoms with Gasteiger partial charge >= 0.3 is 6.09 Å². The molecule has 0 saturated carbocycles. The SMILES string of the molecule is Nc1nccn2c([C@@H]3CCCN3C(=O)OCc3ccccc3)nc(-c3ccc(Oc4ccccn4)cc3)c12. The van der Waals surface area contributed by atoms with Gasteiger partial charge in [0.1, 0.15) is 35.2 Å². The van der Waals surface area contributed by atoms with Crippen molar-refractivity contribution in [2.24, 2.45) is 0 Å². The average molecular weight is 507 g/mol. The molecule has 1 fully saturated rings. The molecule has 4 heterocycles. The highest BCUT2D eigenvalue weighted by atomic mass is 16.6. The third-order valence-electron chi connectivity index (χ3n) is 6.59. The maximum absolute atomic E-state index is 13.1. The van der Waals surface area contributed by atoms with E-state index in [1.807, 2.05) is 77.3 Å². The largest absolute Gasteiger partial charge is 0.445 e. The average Bonchev–Trinajstić information content (AvgIpc) is 3.59. The Kier molecular flexibility index (Phi) is 6.31. The Morgan fingerprint density at radius 2 is 1.79 bits per heavy atom. The Labute approximate surface area is 219 Å². The standard InChI is InChI=1S/C29H26N6O3/c30-27-26-25(21-11-13-22(14-12-21)38-24-10-4-5-15-31-24)33-28(35(26)18-16-32-27)23-9-6-17-34(23)29(36)37-19-20-7-2-1-3-8-20/h1-5,7-8,10-16,18,23H,6,9,17,19H2,(H2,30,32)/t23-/m0/s1. The molecular weight excluding hydrogens is 480 g/mol. The molecule has 1 amide bonds. The minimum Gasteiger partial charge on any atom is -0.445 e. The molecule has 0 radical (unpaired) electrons. The summed E-state index contributed by atoms with van der Waals surface area (Å²) < 4.78 is 13.4. The number of nitrogen functional groups attached to an aromatic ring is 1. The minimum absolute atomic E-state index is 0.222. The lowest BCUT2D eigenvalue weighted by molar-refractivity contribution is 0.0908. The third kappa shape index (κ3) is 4.61. The summed E-state index contributed by atoms with van der Waals surface area (Å²) in [4.78, 5) is 28.3. The maximum Gasteiger partial charge on any atom is 0.410 e. The topological polar surface area (TPSA) is 108 Å². The fourth-order valence-electron chi connectivity index (χ4n) is 4.79. The smallest absolute Gasteiger partial charge is 0.410 e. The van der Waals surface area contributed by atoms with Crippen LogP contribution in [0.1, 0.15) is 30.3 Å². The Balaban J connectivity index is 1.29. The van der Waals surface area contributed by atoms with E-state index in [1.165, 1.54) is 0 Å². The number of hydrogen-bond donors (Lipinski definition) is 1.